The van der Waals surface area contributed by atoms with Gasteiger partial charge in [-0.25, -0.2) is 4.79 Å². The fourth-order valence-electron chi connectivity index (χ4n) is 4.75. The number of para-hydroxylation sites is 1. The van der Waals surface area contributed by atoms with E-state index in [0.717, 1.165) is 11.1 Å². The lowest BCUT2D eigenvalue weighted by Crippen LogP contribution is -2.34. The fraction of sp³-hybridized carbons (Fsp3) is 0.250. The van der Waals surface area contributed by atoms with Crippen LogP contribution in [0.25, 0.3) is 0 Å². The summed E-state index contributed by atoms with van der Waals surface area (Å²) < 4.78 is 5.95. The van der Waals surface area contributed by atoms with Crippen LogP contribution in [-0.2, 0) is 22.6 Å². The summed E-state index contributed by atoms with van der Waals surface area (Å²) >= 11 is 0. The van der Waals surface area contributed by atoms with E-state index < -0.39 is 12.0 Å². The number of carboxylic acid groups (broad SMARTS) is 1. The van der Waals surface area contributed by atoms with Gasteiger partial charge >= 0.3 is 5.97 Å². The topological polar surface area (TPSA) is 95.9 Å². The minimum atomic E-state index is -1.02. The maximum absolute atomic E-state index is 13.1. The van der Waals surface area contributed by atoms with E-state index in [1.54, 1.807) is 60.7 Å². The first-order valence-electron chi connectivity index (χ1n) is 14.5. The Bertz CT molecular complexity index is 1490. The molecule has 0 fully saturated rings. The Morgan fingerprint density at radius 2 is 1.42 bits per heavy atom. The molecule has 0 aromatic heterocycles. The fourth-order valence-corrected chi connectivity index (χ4v) is 4.75. The second-order valence-electron chi connectivity index (χ2n) is 10.9. The molecular weight excluding hydrogens is 540 g/mol. The number of carbonyl (C=O) groups excluding carboxylic acids is 2. The number of carbonyl (C=O) groups is 3. The molecule has 0 spiro atoms. The Balaban J connectivity index is 1.36. The van der Waals surface area contributed by atoms with Crippen LogP contribution in [0.3, 0.4) is 0 Å². The molecule has 43 heavy (non-hydrogen) atoms. The summed E-state index contributed by atoms with van der Waals surface area (Å²) in [6.07, 6.45) is 0.684. The Labute approximate surface area is 253 Å². The van der Waals surface area contributed by atoms with Gasteiger partial charge in [-0.2, -0.15) is 0 Å². The molecule has 0 heterocycles. The summed E-state index contributed by atoms with van der Waals surface area (Å²) in [5.74, 6) is -0.203. The number of ether oxygens (including phenoxy) is 1. The average molecular weight is 579 g/mol. The van der Waals surface area contributed by atoms with Crippen LogP contribution in [0, 0.1) is 5.92 Å². The minimum absolute atomic E-state index is 0.0945. The molecule has 0 aliphatic rings. The number of amides is 1. The van der Waals surface area contributed by atoms with Gasteiger partial charge in [0, 0.05) is 36.2 Å². The van der Waals surface area contributed by atoms with Crippen molar-refractivity contribution in [3.63, 3.8) is 0 Å². The second-order valence-corrected chi connectivity index (χ2v) is 10.9. The molecular formula is C36H38N2O5. The highest BCUT2D eigenvalue weighted by molar-refractivity contribution is 6.12. The van der Waals surface area contributed by atoms with Gasteiger partial charge in [-0.05, 0) is 41.3 Å². The number of hydrogen-bond donors (Lipinski definition) is 2. The third-order valence-corrected chi connectivity index (χ3v) is 6.98. The first-order chi connectivity index (χ1) is 20.8. The van der Waals surface area contributed by atoms with Crippen molar-refractivity contribution in [2.24, 2.45) is 5.92 Å². The van der Waals surface area contributed by atoms with Crippen molar-refractivity contribution in [3.8, 4) is 5.75 Å². The largest absolute Gasteiger partial charge is 0.492 e. The molecule has 1 unspecified atom stereocenters. The Morgan fingerprint density at radius 1 is 0.791 bits per heavy atom. The number of nitrogens with zero attached hydrogens (tertiary/aromatic N) is 1. The third-order valence-electron chi connectivity index (χ3n) is 6.98. The zero-order chi connectivity index (χ0) is 30.6. The minimum Gasteiger partial charge on any atom is -0.492 e. The lowest BCUT2D eigenvalue weighted by atomic mass is 10.00. The molecule has 1 atom stereocenters. The Morgan fingerprint density at radius 3 is 2.07 bits per heavy atom. The smallest absolute Gasteiger partial charge is 0.326 e. The summed E-state index contributed by atoms with van der Waals surface area (Å²) in [7, 11) is 0. The van der Waals surface area contributed by atoms with E-state index >= 15 is 0 Å². The van der Waals surface area contributed by atoms with Gasteiger partial charge in [0.05, 0.1) is 6.54 Å². The number of anilines is 1. The number of rotatable bonds is 15. The molecule has 1 amide bonds. The SMILES string of the molecule is CC(C)CC(=O)N(CCOc1ccc(CC(Nc2ccccc2C(=O)c2ccccc2)C(=O)O)cc1)Cc1ccccc1. The third kappa shape index (κ3) is 9.30. The monoisotopic (exact) mass is 578 g/mol. The van der Waals surface area contributed by atoms with Gasteiger partial charge < -0.3 is 20.1 Å². The number of aliphatic carboxylic acids is 1. The molecule has 0 bridgehead atoms. The summed E-state index contributed by atoms with van der Waals surface area (Å²) in [5, 5.41) is 13.0. The van der Waals surface area contributed by atoms with E-state index in [0.29, 0.717) is 48.7 Å². The zero-order valence-electron chi connectivity index (χ0n) is 24.6. The lowest BCUT2D eigenvalue weighted by Gasteiger charge is -2.24. The van der Waals surface area contributed by atoms with Gasteiger partial charge in [0.1, 0.15) is 18.4 Å². The maximum Gasteiger partial charge on any atom is 0.326 e. The summed E-state index contributed by atoms with van der Waals surface area (Å²) in [4.78, 5) is 40.0. The molecule has 0 aliphatic heterocycles. The highest BCUT2D eigenvalue weighted by Crippen LogP contribution is 2.22. The van der Waals surface area contributed by atoms with Gasteiger partial charge in [-0.15, -0.1) is 0 Å². The van der Waals surface area contributed by atoms with Crippen molar-refractivity contribution >= 4 is 23.3 Å². The number of carboxylic acids is 1. The first kappa shape index (κ1) is 31.0. The quantitative estimate of drug-likeness (QED) is 0.157. The summed E-state index contributed by atoms with van der Waals surface area (Å²) in [5.41, 5.74) is 3.29. The van der Waals surface area contributed by atoms with Crippen molar-refractivity contribution in [3.05, 3.63) is 131 Å². The van der Waals surface area contributed by atoms with Crippen LogP contribution >= 0.6 is 0 Å². The standard InChI is InChI=1S/C36H38N2O5/c1-26(2)23-34(39)38(25-28-11-5-3-6-12-28)21-22-43-30-19-17-27(18-20-30)24-33(36(41)42)37-32-16-10-9-15-31(32)35(40)29-13-7-4-8-14-29/h3-20,26,33,37H,21-25H2,1-2H3,(H,41,42). The second kappa shape index (κ2) is 15.4. The highest BCUT2D eigenvalue weighted by Gasteiger charge is 2.21. The average Bonchev–Trinajstić information content (AvgIpc) is 3.01. The molecule has 0 aliphatic carbocycles. The predicted molar refractivity (Wildman–Crippen MR) is 168 cm³/mol. The molecule has 0 radical (unpaired) electrons. The van der Waals surface area contributed by atoms with Crippen LogP contribution in [0.4, 0.5) is 5.69 Å². The Hall–Kier alpha value is -4.91. The molecule has 0 saturated heterocycles. The number of nitrogens with one attached hydrogen (secondary N) is 1. The maximum atomic E-state index is 13.1. The van der Waals surface area contributed by atoms with Crippen molar-refractivity contribution < 1.29 is 24.2 Å². The molecule has 4 aromatic carbocycles. The van der Waals surface area contributed by atoms with Gasteiger partial charge in [-0.3, -0.25) is 9.59 Å². The van der Waals surface area contributed by atoms with Crippen molar-refractivity contribution in [2.75, 3.05) is 18.5 Å². The molecule has 7 heteroatoms. The van der Waals surface area contributed by atoms with E-state index in [-0.39, 0.29) is 24.0 Å². The summed E-state index contributed by atoms with van der Waals surface area (Å²) in [6.45, 7) is 5.38. The molecule has 4 aromatic rings. The zero-order valence-corrected chi connectivity index (χ0v) is 24.6. The predicted octanol–water partition coefficient (Wildman–Crippen LogP) is 6.48. The molecule has 2 N–H and O–H groups in total. The van der Waals surface area contributed by atoms with Gasteiger partial charge in [0.25, 0.3) is 0 Å². The van der Waals surface area contributed by atoms with Crippen molar-refractivity contribution in [1.82, 2.24) is 4.90 Å². The lowest BCUT2D eigenvalue weighted by molar-refractivity contribution is -0.138. The van der Waals surface area contributed by atoms with Crippen LogP contribution in [0.5, 0.6) is 5.75 Å². The van der Waals surface area contributed by atoms with Crippen LogP contribution in [0.1, 0.15) is 47.3 Å². The van der Waals surface area contributed by atoms with E-state index in [4.69, 9.17) is 4.74 Å². The van der Waals surface area contributed by atoms with Gasteiger partial charge in [0.2, 0.25) is 5.91 Å². The molecule has 0 saturated carbocycles. The first-order valence-corrected chi connectivity index (χ1v) is 14.5. The van der Waals surface area contributed by atoms with E-state index in [9.17, 15) is 19.5 Å². The van der Waals surface area contributed by atoms with Crippen molar-refractivity contribution in [1.29, 1.82) is 0 Å². The van der Waals surface area contributed by atoms with Crippen molar-refractivity contribution in [2.45, 2.75) is 39.3 Å². The van der Waals surface area contributed by atoms with Crippen LogP contribution in [0.15, 0.2) is 109 Å². The molecule has 4 rings (SSSR count). The van der Waals surface area contributed by atoms with Crippen LogP contribution in [0.2, 0.25) is 0 Å². The molecule has 7 nitrogen and oxygen atoms in total. The van der Waals surface area contributed by atoms with Gasteiger partial charge in [0.15, 0.2) is 5.78 Å². The van der Waals surface area contributed by atoms with Crippen LogP contribution < -0.4 is 10.1 Å². The summed E-state index contributed by atoms with van der Waals surface area (Å²) in [6, 6.07) is 32.1. The number of ketones is 1. The molecule has 222 valence electrons. The number of benzene rings is 4. The van der Waals surface area contributed by atoms with Crippen LogP contribution in [-0.4, -0.2) is 46.9 Å². The van der Waals surface area contributed by atoms with Gasteiger partial charge in [-0.1, -0.05) is 98.8 Å². The Kier molecular flexibility index (Phi) is 11.1. The van der Waals surface area contributed by atoms with E-state index in [1.165, 1.54) is 0 Å². The normalized spacial score (nSPS) is 11.5. The van der Waals surface area contributed by atoms with E-state index in [1.807, 2.05) is 67.3 Å². The number of hydrogen-bond acceptors (Lipinski definition) is 5. The highest BCUT2D eigenvalue weighted by atomic mass is 16.5. The van der Waals surface area contributed by atoms with E-state index in [2.05, 4.69) is 5.32 Å².